The number of aryl methyl sites for hydroxylation is 1. The minimum absolute atomic E-state index is 0.0849. The molecule has 0 aliphatic carbocycles. The lowest BCUT2D eigenvalue weighted by molar-refractivity contribution is -0.121. The van der Waals surface area contributed by atoms with Gasteiger partial charge in [0.15, 0.2) is 0 Å². The van der Waals surface area contributed by atoms with Gasteiger partial charge in [-0.3, -0.25) is 4.79 Å². The lowest BCUT2D eigenvalue weighted by Crippen LogP contribution is -2.26. The van der Waals surface area contributed by atoms with Crippen molar-refractivity contribution in [2.45, 2.75) is 12.8 Å². The first-order valence-electron chi connectivity index (χ1n) is 4.95. The Hall–Kier alpha value is -0.940. The van der Waals surface area contributed by atoms with E-state index in [1.165, 1.54) is 6.07 Å². The summed E-state index contributed by atoms with van der Waals surface area (Å²) >= 11 is 3.16. The molecule has 1 rings (SSSR count). The Morgan fingerprint density at radius 3 is 2.88 bits per heavy atom. The van der Waals surface area contributed by atoms with Gasteiger partial charge >= 0.3 is 0 Å². The number of nitrogens with one attached hydrogen (secondary N) is 1. The molecule has 0 fully saturated rings. The predicted molar refractivity (Wildman–Crippen MR) is 62.5 cm³/mol. The average molecular weight is 290 g/mol. The summed E-state index contributed by atoms with van der Waals surface area (Å²) in [6.45, 7) is 0.153. The molecule has 0 aliphatic rings. The molecule has 5 heteroatoms. The monoisotopic (exact) mass is 289 g/mol. The fourth-order valence-corrected chi connectivity index (χ4v) is 1.59. The zero-order valence-electron chi connectivity index (χ0n) is 8.67. The molecule has 1 amide bonds. The van der Waals surface area contributed by atoms with Gasteiger partial charge < -0.3 is 10.4 Å². The van der Waals surface area contributed by atoms with E-state index in [1.54, 1.807) is 12.1 Å². The Morgan fingerprint density at radius 2 is 2.25 bits per heavy atom. The van der Waals surface area contributed by atoms with E-state index in [1.807, 2.05) is 0 Å². The van der Waals surface area contributed by atoms with E-state index in [4.69, 9.17) is 5.11 Å². The Kier molecular flexibility index (Phi) is 5.42. The van der Waals surface area contributed by atoms with Crippen LogP contribution in [0, 0.1) is 5.82 Å². The highest BCUT2D eigenvalue weighted by atomic mass is 79.9. The normalized spacial score (nSPS) is 10.2. The highest BCUT2D eigenvalue weighted by Gasteiger charge is 2.06. The van der Waals surface area contributed by atoms with Gasteiger partial charge in [0, 0.05) is 17.4 Å². The molecular formula is C11H13BrFNO2. The number of aliphatic hydroxyl groups excluding tert-OH is 1. The van der Waals surface area contributed by atoms with Crippen LogP contribution in [-0.4, -0.2) is 24.2 Å². The van der Waals surface area contributed by atoms with E-state index in [0.29, 0.717) is 16.5 Å². The molecule has 0 saturated heterocycles. The van der Waals surface area contributed by atoms with Crippen LogP contribution in [0.5, 0.6) is 0 Å². The van der Waals surface area contributed by atoms with E-state index in [2.05, 4.69) is 21.2 Å². The van der Waals surface area contributed by atoms with Crippen LogP contribution in [0.15, 0.2) is 22.7 Å². The Labute approximate surface area is 102 Å². The molecule has 0 bridgehead atoms. The third-order valence-electron chi connectivity index (χ3n) is 2.07. The number of rotatable bonds is 5. The second kappa shape index (κ2) is 6.60. The topological polar surface area (TPSA) is 49.3 Å². The molecule has 2 N–H and O–H groups in total. The number of carbonyl (C=O) groups excluding carboxylic acids is 1. The molecular weight excluding hydrogens is 277 g/mol. The van der Waals surface area contributed by atoms with Crippen molar-refractivity contribution in [1.82, 2.24) is 5.32 Å². The van der Waals surface area contributed by atoms with Gasteiger partial charge in [0.1, 0.15) is 5.82 Å². The molecule has 88 valence electrons. The first-order chi connectivity index (χ1) is 7.63. The van der Waals surface area contributed by atoms with E-state index in [-0.39, 0.29) is 31.3 Å². The van der Waals surface area contributed by atoms with Crippen molar-refractivity contribution in [3.05, 3.63) is 34.1 Å². The Balaban J connectivity index is 2.45. The molecule has 1 aromatic carbocycles. The molecule has 0 atom stereocenters. The first-order valence-corrected chi connectivity index (χ1v) is 5.74. The van der Waals surface area contributed by atoms with E-state index in [9.17, 15) is 9.18 Å². The van der Waals surface area contributed by atoms with E-state index >= 15 is 0 Å². The van der Waals surface area contributed by atoms with Crippen molar-refractivity contribution in [2.75, 3.05) is 13.2 Å². The summed E-state index contributed by atoms with van der Waals surface area (Å²) in [7, 11) is 0. The summed E-state index contributed by atoms with van der Waals surface area (Å²) in [6, 6.07) is 4.77. The van der Waals surface area contributed by atoms with Gasteiger partial charge in [0.05, 0.1) is 6.61 Å². The highest BCUT2D eigenvalue weighted by Crippen LogP contribution is 2.16. The second-order valence-electron chi connectivity index (χ2n) is 3.31. The number of carbonyl (C=O) groups is 1. The largest absolute Gasteiger partial charge is 0.395 e. The summed E-state index contributed by atoms with van der Waals surface area (Å²) in [5.74, 6) is -0.499. The molecule has 0 aliphatic heterocycles. The molecule has 0 unspecified atom stereocenters. The van der Waals surface area contributed by atoms with Crippen LogP contribution >= 0.6 is 15.9 Å². The maximum absolute atomic E-state index is 13.4. The van der Waals surface area contributed by atoms with Gasteiger partial charge in [-0.05, 0) is 24.1 Å². The second-order valence-corrected chi connectivity index (χ2v) is 4.22. The highest BCUT2D eigenvalue weighted by molar-refractivity contribution is 9.10. The minimum Gasteiger partial charge on any atom is -0.395 e. The predicted octanol–water partition coefficient (Wildman–Crippen LogP) is 1.63. The van der Waals surface area contributed by atoms with Gasteiger partial charge in [-0.15, -0.1) is 0 Å². The van der Waals surface area contributed by atoms with Crippen LogP contribution in [0.3, 0.4) is 0 Å². The number of hydrogen-bond acceptors (Lipinski definition) is 2. The fraction of sp³-hybridized carbons (Fsp3) is 0.364. The summed E-state index contributed by atoms with van der Waals surface area (Å²) < 4.78 is 14.0. The smallest absolute Gasteiger partial charge is 0.220 e. The van der Waals surface area contributed by atoms with Crippen LogP contribution in [0.25, 0.3) is 0 Å². The van der Waals surface area contributed by atoms with E-state index < -0.39 is 0 Å². The van der Waals surface area contributed by atoms with Crippen LogP contribution < -0.4 is 5.32 Å². The quantitative estimate of drug-likeness (QED) is 0.866. The van der Waals surface area contributed by atoms with Gasteiger partial charge in [0.2, 0.25) is 5.91 Å². The first kappa shape index (κ1) is 13.1. The number of hydrogen-bond donors (Lipinski definition) is 2. The van der Waals surface area contributed by atoms with Crippen LogP contribution in [-0.2, 0) is 11.2 Å². The summed E-state index contributed by atoms with van der Waals surface area (Å²) in [6.07, 6.45) is 0.578. The molecule has 0 aromatic heterocycles. The lowest BCUT2D eigenvalue weighted by atomic mass is 10.1. The van der Waals surface area contributed by atoms with Crippen LogP contribution in [0.4, 0.5) is 4.39 Å². The molecule has 0 saturated carbocycles. The Bertz CT molecular complexity index is 371. The lowest BCUT2D eigenvalue weighted by Gasteiger charge is -2.04. The number of amides is 1. The van der Waals surface area contributed by atoms with Gasteiger partial charge in [-0.2, -0.15) is 0 Å². The van der Waals surface area contributed by atoms with Crippen molar-refractivity contribution < 1.29 is 14.3 Å². The molecule has 0 heterocycles. The van der Waals surface area contributed by atoms with Gasteiger partial charge in [-0.1, -0.05) is 22.0 Å². The van der Waals surface area contributed by atoms with Crippen LogP contribution in [0.2, 0.25) is 0 Å². The number of halogens is 2. The maximum Gasteiger partial charge on any atom is 0.220 e. The average Bonchev–Trinajstić information content (AvgIpc) is 2.25. The SMILES string of the molecule is O=C(CCc1ccc(Br)cc1F)NCCO. The number of aliphatic hydroxyl groups is 1. The van der Waals surface area contributed by atoms with Crippen molar-refractivity contribution in [3.8, 4) is 0 Å². The molecule has 3 nitrogen and oxygen atoms in total. The fourth-order valence-electron chi connectivity index (χ4n) is 1.26. The summed E-state index contributed by atoms with van der Waals surface area (Å²) in [5, 5.41) is 11.0. The maximum atomic E-state index is 13.4. The number of benzene rings is 1. The minimum atomic E-state index is -0.315. The van der Waals surface area contributed by atoms with Crippen molar-refractivity contribution in [3.63, 3.8) is 0 Å². The third kappa shape index (κ3) is 4.28. The summed E-state index contributed by atoms with van der Waals surface area (Å²) in [4.78, 5) is 11.2. The van der Waals surface area contributed by atoms with E-state index in [0.717, 1.165) is 0 Å². The zero-order valence-corrected chi connectivity index (χ0v) is 10.3. The van der Waals surface area contributed by atoms with Crippen LogP contribution in [0.1, 0.15) is 12.0 Å². The standard InChI is InChI=1S/C11H13BrFNO2/c12-9-3-1-8(10(13)7-9)2-4-11(16)14-5-6-15/h1,3,7,15H,2,4-6H2,(H,14,16). The van der Waals surface area contributed by atoms with Gasteiger partial charge in [0.25, 0.3) is 0 Å². The van der Waals surface area contributed by atoms with Crippen molar-refractivity contribution in [1.29, 1.82) is 0 Å². The molecule has 16 heavy (non-hydrogen) atoms. The van der Waals surface area contributed by atoms with Crippen molar-refractivity contribution in [2.24, 2.45) is 0 Å². The zero-order chi connectivity index (χ0) is 12.0. The summed E-state index contributed by atoms with van der Waals surface area (Å²) in [5.41, 5.74) is 0.516. The molecule has 1 aromatic rings. The van der Waals surface area contributed by atoms with Crippen molar-refractivity contribution >= 4 is 21.8 Å². The molecule has 0 spiro atoms. The Morgan fingerprint density at radius 1 is 1.50 bits per heavy atom. The molecule has 0 radical (unpaired) electrons. The van der Waals surface area contributed by atoms with Gasteiger partial charge in [-0.25, -0.2) is 4.39 Å². The third-order valence-corrected chi connectivity index (χ3v) is 2.56.